The van der Waals surface area contributed by atoms with Crippen molar-refractivity contribution in [3.05, 3.63) is 212 Å². The molecule has 0 amide bonds. The number of nitrogens with zero attached hydrogens (tertiary/aromatic N) is 3. The molecule has 2 aliphatic rings. The number of para-hydroxylation sites is 4. The lowest BCUT2D eigenvalue weighted by molar-refractivity contribution is 0.582. The molecule has 60 heavy (non-hydrogen) atoms. The average molecular weight is 792 g/mol. The summed E-state index contributed by atoms with van der Waals surface area (Å²) in [6, 6.07) is 65.1. The number of anilines is 4. The second-order valence-electron chi connectivity index (χ2n) is 15.6. The molecule has 10 aromatic rings. The molecule has 8 aromatic carbocycles. The Morgan fingerprint density at radius 1 is 0.450 bits per heavy atom. The van der Waals surface area contributed by atoms with Crippen molar-refractivity contribution in [2.75, 3.05) is 9.34 Å². The van der Waals surface area contributed by atoms with E-state index in [1.54, 1.807) is 0 Å². The van der Waals surface area contributed by atoms with Crippen molar-refractivity contribution in [2.24, 2.45) is 0 Å². The number of hydrogen-bond acceptors (Lipinski definition) is 2. The van der Waals surface area contributed by atoms with Crippen LogP contribution in [0.3, 0.4) is 0 Å². The van der Waals surface area contributed by atoms with Crippen molar-refractivity contribution in [2.45, 2.75) is 12.8 Å². The second-order valence-corrected chi connectivity index (χ2v) is 18.0. The first-order chi connectivity index (χ1) is 29.6. The molecule has 0 fully saturated rings. The fraction of sp³-hybridized carbons (Fsp3) is 0.0370. The van der Waals surface area contributed by atoms with Crippen LogP contribution in [-0.2, 0) is 4.57 Å². The molecule has 5 nitrogen and oxygen atoms in total. The summed E-state index contributed by atoms with van der Waals surface area (Å²) in [6.45, 7) is 0. The lowest BCUT2D eigenvalue weighted by atomic mass is 9.98. The first-order valence-electron chi connectivity index (χ1n) is 20.5. The van der Waals surface area contributed by atoms with Crippen molar-refractivity contribution >= 4 is 84.8 Å². The molecule has 0 saturated carbocycles. The SMILES string of the molecule is O=P1(c2ccc(-n3c4ccccc4c4cc(C5=CCCC=C5)ccc43)cc2)N(c2ccccc2)c2ccc(-c3ccc4oc5ccccc5c4c3)cc2N1c1ccccc1. The van der Waals surface area contributed by atoms with Gasteiger partial charge in [-0.1, -0.05) is 109 Å². The van der Waals surface area contributed by atoms with Gasteiger partial charge in [0.1, 0.15) is 11.2 Å². The van der Waals surface area contributed by atoms with E-state index in [4.69, 9.17) is 4.42 Å². The molecule has 0 spiro atoms. The van der Waals surface area contributed by atoms with Crippen molar-refractivity contribution in [1.82, 2.24) is 4.57 Å². The van der Waals surface area contributed by atoms with Gasteiger partial charge < -0.3 is 8.98 Å². The Labute approximate surface area is 347 Å². The predicted octanol–water partition coefficient (Wildman–Crippen LogP) is 14.9. The fourth-order valence-corrected chi connectivity index (χ4v) is 12.3. The number of hydrogen-bond donors (Lipinski definition) is 0. The Balaban J connectivity index is 1.02. The van der Waals surface area contributed by atoms with E-state index in [0.29, 0.717) is 0 Å². The van der Waals surface area contributed by atoms with Gasteiger partial charge in [0, 0.05) is 38.6 Å². The number of furan rings is 1. The molecule has 0 radical (unpaired) electrons. The van der Waals surface area contributed by atoms with E-state index >= 15 is 4.57 Å². The van der Waals surface area contributed by atoms with Gasteiger partial charge in [-0.3, -0.25) is 13.9 Å². The predicted molar refractivity (Wildman–Crippen MR) is 251 cm³/mol. The monoisotopic (exact) mass is 791 g/mol. The Morgan fingerprint density at radius 2 is 1.07 bits per heavy atom. The van der Waals surface area contributed by atoms with E-state index in [-0.39, 0.29) is 0 Å². The molecule has 1 aliphatic heterocycles. The van der Waals surface area contributed by atoms with Crippen LogP contribution in [0.1, 0.15) is 18.4 Å². The normalized spacial score (nSPS) is 16.3. The Morgan fingerprint density at radius 3 is 1.83 bits per heavy atom. The largest absolute Gasteiger partial charge is 0.456 e. The minimum Gasteiger partial charge on any atom is -0.456 e. The van der Waals surface area contributed by atoms with E-state index in [0.717, 1.165) is 90.7 Å². The third-order valence-electron chi connectivity index (χ3n) is 12.1. The molecule has 1 atom stereocenters. The van der Waals surface area contributed by atoms with Gasteiger partial charge in [-0.2, -0.15) is 0 Å². The number of fused-ring (bicyclic) bond motifs is 7. The van der Waals surface area contributed by atoms with Gasteiger partial charge in [0.15, 0.2) is 0 Å². The van der Waals surface area contributed by atoms with Crippen molar-refractivity contribution in [3.63, 3.8) is 0 Å². The highest BCUT2D eigenvalue weighted by Gasteiger charge is 2.49. The zero-order chi connectivity index (χ0) is 39.8. The molecule has 12 rings (SSSR count). The van der Waals surface area contributed by atoms with Crippen LogP contribution in [0.25, 0.3) is 66.1 Å². The summed E-state index contributed by atoms with van der Waals surface area (Å²) in [5.74, 6) is 0. The summed E-state index contributed by atoms with van der Waals surface area (Å²) >= 11 is 0. The lowest BCUT2D eigenvalue weighted by Gasteiger charge is -2.33. The third kappa shape index (κ3) is 5.29. The van der Waals surface area contributed by atoms with Crippen LogP contribution < -0.4 is 14.6 Å². The van der Waals surface area contributed by atoms with Gasteiger partial charge in [-0.25, -0.2) is 0 Å². The van der Waals surface area contributed by atoms with Crippen LogP contribution in [0.15, 0.2) is 211 Å². The van der Waals surface area contributed by atoms with E-state index in [9.17, 15) is 0 Å². The Bertz CT molecular complexity index is 3420. The van der Waals surface area contributed by atoms with Gasteiger partial charge >= 0.3 is 7.44 Å². The topological polar surface area (TPSA) is 41.6 Å². The maximum atomic E-state index is 16.7. The lowest BCUT2D eigenvalue weighted by Crippen LogP contribution is -2.26. The van der Waals surface area contributed by atoms with Crippen LogP contribution in [0.5, 0.6) is 0 Å². The van der Waals surface area contributed by atoms with E-state index in [1.165, 1.54) is 21.9 Å². The molecule has 2 aromatic heterocycles. The van der Waals surface area contributed by atoms with Crippen molar-refractivity contribution in [1.29, 1.82) is 0 Å². The summed E-state index contributed by atoms with van der Waals surface area (Å²) < 4.78 is 29.4. The van der Waals surface area contributed by atoms with Crippen LogP contribution in [-0.4, -0.2) is 4.57 Å². The molecule has 3 heterocycles. The maximum Gasteiger partial charge on any atom is 0.301 e. The number of rotatable bonds is 6. The maximum absolute atomic E-state index is 16.7. The van der Waals surface area contributed by atoms with Gasteiger partial charge in [-0.15, -0.1) is 0 Å². The van der Waals surface area contributed by atoms with E-state index < -0.39 is 7.44 Å². The number of aromatic nitrogens is 1. The van der Waals surface area contributed by atoms with Crippen LogP contribution in [0.2, 0.25) is 0 Å². The second kappa shape index (κ2) is 13.6. The van der Waals surface area contributed by atoms with Gasteiger partial charge in [0.25, 0.3) is 0 Å². The smallest absolute Gasteiger partial charge is 0.301 e. The minimum absolute atomic E-state index is 0.738. The molecular formula is C54H38N3O2P. The average Bonchev–Trinajstić information content (AvgIpc) is 3.94. The third-order valence-corrected chi connectivity index (χ3v) is 15.1. The zero-order valence-corrected chi connectivity index (χ0v) is 33.5. The molecule has 0 bridgehead atoms. The summed E-state index contributed by atoms with van der Waals surface area (Å²) in [6.07, 6.45) is 9.00. The van der Waals surface area contributed by atoms with Crippen LogP contribution >= 0.6 is 7.44 Å². The fourth-order valence-electron chi connectivity index (χ4n) is 9.35. The number of benzene rings is 8. The molecular weight excluding hydrogens is 754 g/mol. The molecule has 0 N–H and O–H groups in total. The van der Waals surface area contributed by atoms with E-state index in [1.807, 2.05) is 54.6 Å². The first-order valence-corrected chi connectivity index (χ1v) is 22.1. The Hall–Kier alpha value is -7.33. The highest BCUT2D eigenvalue weighted by molar-refractivity contribution is 7.76. The summed E-state index contributed by atoms with van der Waals surface area (Å²) in [4.78, 5) is 0. The molecule has 1 aliphatic carbocycles. The minimum atomic E-state index is -3.63. The molecule has 1 unspecified atom stereocenters. The summed E-state index contributed by atoms with van der Waals surface area (Å²) in [7, 11) is -3.63. The Kier molecular flexibility index (Phi) is 7.88. The first kappa shape index (κ1) is 34.7. The highest BCUT2D eigenvalue weighted by atomic mass is 31.2. The van der Waals surface area contributed by atoms with Crippen molar-refractivity contribution < 1.29 is 8.98 Å². The highest BCUT2D eigenvalue weighted by Crippen LogP contribution is 2.70. The van der Waals surface area contributed by atoms with Crippen LogP contribution in [0, 0.1) is 0 Å². The van der Waals surface area contributed by atoms with Gasteiger partial charge in [0.05, 0.1) is 27.7 Å². The molecule has 6 heteroatoms. The van der Waals surface area contributed by atoms with Gasteiger partial charge in [-0.05, 0) is 132 Å². The van der Waals surface area contributed by atoms with E-state index in [2.05, 4.69) is 166 Å². The summed E-state index contributed by atoms with van der Waals surface area (Å²) in [5.41, 5.74) is 13.1. The summed E-state index contributed by atoms with van der Waals surface area (Å²) in [5, 5.41) is 5.32. The van der Waals surface area contributed by atoms with Crippen LogP contribution in [0.4, 0.5) is 22.7 Å². The van der Waals surface area contributed by atoms with Crippen molar-refractivity contribution in [3.8, 4) is 16.8 Å². The molecule has 286 valence electrons. The van der Waals surface area contributed by atoms with Gasteiger partial charge in [0.2, 0.25) is 0 Å². The molecule has 0 saturated heterocycles. The zero-order valence-electron chi connectivity index (χ0n) is 32.6. The standard InChI is InChI=1S/C54H38N3O2P/c58-60(44-29-27-41(28-30-44)55-49-22-12-10-20-45(49)47-34-38(24-31-50(47)55)37-14-4-1-5-15-37)56(42-16-6-2-7-17-42)51-32-25-40(36-52(51)57(60)43-18-8-3-9-19-43)39-26-33-54-48(35-39)46-21-11-13-23-53(46)59-54/h2-4,6-36H,1,5H2. The quantitative estimate of drug-likeness (QED) is 0.157. The number of allylic oxidation sites excluding steroid dienone is 4.